The fourth-order valence-electron chi connectivity index (χ4n) is 1.85. The molecule has 0 aliphatic heterocycles. The summed E-state index contributed by atoms with van der Waals surface area (Å²) in [5.41, 5.74) is 0.567. The molecule has 0 saturated heterocycles. The van der Waals surface area contributed by atoms with Gasteiger partial charge >= 0.3 is 0 Å². The number of hydrogen-bond donors (Lipinski definition) is 1. The molecule has 0 radical (unpaired) electrons. The molecule has 1 heterocycles. The fraction of sp³-hybridized carbons (Fsp3) is 0.308. The van der Waals surface area contributed by atoms with Crippen molar-refractivity contribution < 1.29 is 4.39 Å². The van der Waals surface area contributed by atoms with Crippen LogP contribution in [0.15, 0.2) is 24.5 Å². The van der Waals surface area contributed by atoms with Crippen molar-refractivity contribution in [1.82, 2.24) is 14.9 Å². The van der Waals surface area contributed by atoms with Gasteiger partial charge in [0.1, 0.15) is 11.6 Å². The van der Waals surface area contributed by atoms with E-state index in [-0.39, 0.29) is 11.1 Å². The summed E-state index contributed by atoms with van der Waals surface area (Å²) in [6.07, 6.45) is 3.59. The number of imidazole rings is 1. The molecule has 0 fully saturated rings. The van der Waals surface area contributed by atoms with E-state index in [4.69, 9.17) is 23.2 Å². The van der Waals surface area contributed by atoms with Crippen LogP contribution < -0.4 is 5.32 Å². The van der Waals surface area contributed by atoms with Crippen molar-refractivity contribution in [2.75, 3.05) is 0 Å². The van der Waals surface area contributed by atoms with Gasteiger partial charge in [-0.1, -0.05) is 23.2 Å². The lowest BCUT2D eigenvalue weighted by molar-refractivity contribution is 0.544. The predicted molar refractivity (Wildman–Crippen MR) is 74.9 cm³/mol. The Bertz CT molecular complexity index is 583. The van der Waals surface area contributed by atoms with Crippen molar-refractivity contribution in [2.24, 2.45) is 7.05 Å². The Balaban J connectivity index is 2.14. The highest BCUT2D eigenvalue weighted by Crippen LogP contribution is 2.32. The molecular weight excluding hydrogens is 288 g/mol. The van der Waals surface area contributed by atoms with Gasteiger partial charge in [0, 0.05) is 36.1 Å². The highest BCUT2D eigenvalue weighted by atomic mass is 35.5. The molecule has 19 heavy (non-hydrogen) atoms. The summed E-state index contributed by atoms with van der Waals surface area (Å²) in [7, 11) is 1.91. The van der Waals surface area contributed by atoms with E-state index in [2.05, 4.69) is 10.3 Å². The molecule has 1 N–H and O–H groups in total. The highest BCUT2D eigenvalue weighted by Gasteiger charge is 2.17. The molecule has 1 unspecified atom stereocenters. The van der Waals surface area contributed by atoms with Gasteiger partial charge in [0.25, 0.3) is 0 Å². The van der Waals surface area contributed by atoms with Crippen LogP contribution in [0.4, 0.5) is 4.39 Å². The molecule has 2 aromatic rings. The molecule has 102 valence electrons. The van der Waals surface area contributed by atoms with Gasteiger partial charge in [-0.15, -0.1) is 0 Å². The molecule has 1 aromatic carbocycles. The number of aromatic nitrogens is 2. The van der Waals surface area contributed by atoms with Crippen LogP contribution >= 0.6 is 23.2 Å². The average molecular weight is 302 g/mol. The molecule has 0 aliphatic rings. The van der Waals surface area contributed by atoms with Crippen molar-refractivity contribution >= 4 is 23.2 Å². The van der Waals surface area contributed by atoms with Gasteiger partial charge < -0.3 is 9.88 Å². The smallest absolute Gasteiger partial charge is 0.142 e. The molecular formula is C13H14Cl2FN3. The number of nitrogens with zero attached hydrogens (tertiary/aromatic N) is 2. The maximum Gasteiger partial charge on any atom is 0.142 e. The third-order valence-electron chi connectivity index (χ3n) is 3.00. The fourth-order valence-corrected chi connectivity index (χ4v) is 2.55. The summed E-state index contributed by atoms with van der Waals surface area (Å²) < 4.78 is 15.4. The van der Waals surface area contributed by atoms with Crippen LogP contribution in [0.5, 0.6) is 0 Å². The topological polar surface area (TPSA) is 29.9 Å². The minimum atomic E-state index is -0.466. The van der Waals surface area contributed by atoms with E-state index in [1.54, 1.807) is 6.20 Å². The van der Waals surface area contributed by atoms with Crippen molar-refractivity contribution in [1.29, 1.82) is 0 Å². The third-order valence-corrected chi connectivity index (χ3v) is 3.71. The molecule has 0 spiro atoms. The zero-order valence-corrected chi connectivity index (χ0v) is 12.1. The second-order valence-corrected chi connectivity index (χ2v) is 5.10. The summed E-state index contributed by atoms with van der Waals surface area (Å²) in [5, 5.41) is 3.74. The van der Waals surface area contributed by atoms with Gasteiger partial charge in [-0.25, -0.2) is 9.37 Å². The average Bonchev–Trinajstić information content (AvgIpc) is 2.77. The zero-order valence-electron chi connectivity index (χ0n) is 10.6. The van der Waals surface area contributed by atoms with Gasteiger partial charge in [0.2, 0.25) is 0 Å². The lowest BCUT2D eigenvalue weighted by Gasteiger charge is -2.17. The first-order valence-electron chi connectivity index (χ1n) is 5.83. The summed E-state index contributed by atoms with van der Waals surface area (Å²) in [6.45, 7) is 2.43. The van der Waals surface area contributed by atoms with E-state index in [1.165, 1.54) is 12.1 Å². The first kappa shape index (κ1) is 14.3. The number of nitrogens with one attached hydrogen (secondary N) is 1. The molecule has 6 heteroatoms. The maximum absolute atomic E-state index is 13.5. The second kappa shape index (κ2) is 5.90. The van der Waals surface area contributed by atoms with Crippen molar-refractivity contribution in [3.8, 4) is 0 Å². The Morgan fingerprint density at radius 3 is 2.79 bits per heavy atom. The van der Waals surface area contributed by atoms with E-state index in [0.29, 0.717) is 17.1 Å². The van der Waals surface area contributed by atoms with Gasteiger partial charge in [0.05, 0.1) is 11.6 Å². The summed E-state index contributed by atoms with van der Waals surface area (Å²) in [4.78, 5) is 4.20. The van der Waals surface area contributed by atoms with E-state index in [1.807, 2.05) is 24.7 Å². The lowest BCUT2D eigenvalue weighted by Crippen LogP contribution is -2.21. The quantitative estimate of drug-likeness (QED) is 0.872. The minimum absolute atomic E-state index is 0.0624. The number of hydrogen-bond acceptors (Lipinski definition) is 2. The van der Waals surface area contributed by atoms with E-state index in [0.717, 1.165) is 5.82 Å². The highest BCUT2D eigenvalue weighted by molar-refractivity contribution is 6.36. The van der Waals surface area contributed by atoms with Crippen molar-refractivity contribution in [2.45, 2.75) is 19.5 Å². The van der Waals surface area contributed by atoms with Crippen molar-refractivity contribution in [3.05, 3.63) is 51.8 Å². The monoisotopic (exact) mass is 301 g/mol. The Morgan fingerprint density at radius 2 is 2.16 bits per heavy atom. The van der Waals surface area contributed by atoms with Crippen LogP contribution in [-0.4, -0.2) is 9.55 Å². The second-order valence-electron chi connectivity index (χ2n) is 4.31. The first-order valence-corrected chi connectivity index (χ1v) is 6.59. The van der Waals surface area contributed by atoms with Crippen LogP contribution in [0, 0.1) is 5.82 Å². The maximum atomic E-state index is 13.5. The summed E-state index contributed by atoms with van der Waals surface area (Å²) in [6, 6.07) is 2.60. The van der Waals surface area contributed by atoms with Gasteiger partial charge in [-0.05, 0) is 19.1 Å². The Kier molecular flexibility index (Phi) is 4.45. The lowest BCUT2D eigenvalue weighted by atomic mass is 10.1. The number of benzene rings is 1. The Hall–Kier alpha value is -1.10. The standard InChI is InChI=1S/C13H14Cl2FN3/c1-8(18-7-11-17-5-6-19(11)2)12-9(14)3-4-10(16)13(12)15/h3-6,8,18H,7H2,1-2H3. The number of rotatable bonds is 4. The molecule has 0 aliphatic carbocycles. The molecule has 0 amide bonds. The van der Waals surface area contributed by atoms with Gasteiger partial charge in [-0.2, -0.15) is 0 Å². The van der Waals surface area contributed by atoms with Gasteiger partial charge in [-0.3, -0.25) is 0 Å². The number of aryl methyl sites for hydroxylation is 1. The molecule has 0 saturated carbocycles. The van der Waals surface area contributed by atoms with Crippen LogP contribution in [0.2, 0.25) is 10.0 Å². The van der Waals surface area contributed by atoms with Crippen LogP contribution in [0.1, 0.15) is 24.4 Å². The minimum Gasteiger partial charge on any atom is -0.337 e. The molecule has 2 rings (SSSR count). The number of halogens is 3. The van der Waals surface area contributed by atoms with Gasteiger partial charge in [0.15, 0.2) is 0 Å². The van der Waals surface area contributed by atoms with Crippen molar-refractivity contribution in [3.63, 3.8) is 0 Å². The SMILES string of the molecule is CC(NCc1nccn1C)c1c(Cl)ccc(F)c1Cl. The molecule has 1 atom stereocenters. The molecule has 0 bridgehead atoms. The largest absolute Gasteiger partial charge is 0.337 e. The summed E-state index contributed by atoms with van der Waals surface area (Å²) in [5.74, 6) is 0.419. The normalized spacial score (nSPS) is 12.7. The van der Waals surface area contributed by atoms with E-state index >= 15 is 0 Å². The van der Waals surface area contributed by atoms with Crippen LogP contribution in [-0.2, 0) is 13.6 Å². The third kappa shape index (κ3) is 3.08. The zero-order chi connectivity index (χ0) is 14.0. The van der Waals surface area contributed by atoms with Crippen LogP contribution in [0.3, 0.4) is 0 Å². The first-order chi connectivity index (χ1) is 9.00. The van der Waals surface area contributed by atoms with E-state index < -0.39 is 5.82 Å². The molecule has 3 nitrogen and oxygen atoms in total. The Labute approximate surface area is 121 Å². The van der Waals surface area contributed by atoms with E-state index in [9.17, 15) is 4.39 Å². The predicted octanol–water partition coefficient (Wildman–Crippen LogP) is 3.72. The Morgan fingerprint density at radius 1 is 1.42 bits per heavy atom. The molecule has 1 aromatic heterocycles. The van der Waals surface area contributed by atoms with Crippen LogP contribution in [0.25, 0.3) is 0 Å². The summed E-state index contributed by atoms with van der Waals surface area (Å²) >= 11 is 12.0.